The fraction of sp³-hybridized carbons (Fsp3) is 0.333. The first-order valence-electron chi connectivity index (χ1n) is 9.76. The van der Waals surface area contributed by atoms with Gasteiger partial charge in [0.25, 0.3) is 5.91 Å². The quantitative estimate of drug-likeness (QED) is 0.596. The molecule has 0 radical (unpaired) electrons. The first-order chi connectivity index (χ1) is 14.5. The van der Waals surface area contributed by atoms with Gasteiger partial charge in [0.05, 0.1) is 25.9 Å². The van der Waals surface area contributed by atoms with E-state index in [4.69, 9.17) is 9.15 Å². The van der Waals surface area contributed by atoms with Gasteiger partial charge in [0.1, 0.15) is 12.2 Å². The predicted octanol–water partition coefficient (Wildman–Crippen LogP) is 0.861. The molecule has 0 bridgehead atoms. The maximum atomic E-state index is 12.8. The number of likely N-dealkylation sites (tertiary alicyclic amines) is 1. The predicted molar refractivity (Wildman–Crippen MR) is 105 cm³/mol. The van der Waals surface area contributed by atoms with Crippen LogP contribution in [0.15, 0.2) is 62.7 Å². The van der Waals surface area contributed by atoms with E-state index in [-0.39, 0.29) is 31.4 Å². The molecule has 1 aromatic carbocycles. The third-order valence-corrected chi connectivity index (χ3v) is 5.67. The smallest absolute Gasteiger partial charge is 0.332 e. The third-order valence-electron chi connectivity index (χ3n) is 5.67. The molecular weight excluding hydrogens is 388 g/mol. The van der Waals surface area contributed by atoms with Gasteiger partial charge in [-0.3, -0.25) is 19.0 Å². The molecule has 4 heterocycles. The van der Waals surface area contributed by atoms with Gasteiger partial charge in [0.2, 0.25) is 0 Å². The highest BCUT2D eigenvalue weighted by Gasteiger charge is 2.45. The topological polar surface area (TPSA) is 99.6 Å². The number of hydrogen-bond acceptors (Lipinski definition) is 6. The Bertz CT molecular complexity index is 1200. The van der Waals surface area contributed by atoms with Crippen LogP contribution in [0, 0.1) is 0 Å². The Morgan fingerprint density at radius 2 is 1.90 bits per heavy atom. The Kier molecular flexibility index (Phi) is 4.39. The Labute approximate surface area is 171 Å². The summed E-state index contributed by atoms with van der Waals surface area (Å²) < 4.78 is 13.9. The van der Waals surface area contributed by atoms with E-state index in [0.717, 1.165) is 5.56 Å². The van der Waals surface area contributed by atoms with E-state index < -0.39 is 16.7 Å². The summed E-state index contributed by atoms with van der Waals surface area (Å²) in [6.07, 6.45) is 2.02. The monoisotopic (exact) mass is 408 g/mol. The van der Waals surface area contributed by atoms with Crippen LogP contribution in [0.5, 0.6) is 0 Å². The first kappa shape index (κ1) is 18.6. The molecule has 1 amide bonds. The van der Waals surface area contributed by atoms with Crippen molar-refractivity contribution in [2.45, 2.75) is 31.7 Å². The average molecular weight is 408 g/mol. The molecule has 2 aromatic heterocycles. The number of hydrogen-bond donors (Lipinski definition) is 0. The van der Waals surface area contributed by atoms with Crippen LogP contribution in [0.1, 0.15) is 28.4 Å². The summed E-state index contributed by atoms with van der Waals surface area (Å²) in [6.45, 7) is 1.33. The largest absolute Gasteiger partial charge is 0.459 e. The van der Waals surface area contributed by atoms with Crippen molar-refractivity contribution < 1.29 is 13.9 Å². The molecule has 0 aliphatic carbocycles. The van der Waals surface area contributed by atoms with Crippen molar-refractivity contribution in [1.82, 2.24) is 19.2 Å². The first-order valence-corrected chi connectivity index (χ1v) is 9.76. The number of furan rings is 1. The zero-order chi connectivity index (χ0) is 20.7. The minimum Gasteiger partial charge on any atom is -0.459 e. The summed E-state index contributed by atoms with van der Waals surface area (Å²) in [5, 5.41) is 4.36. The molecule has 1 saturated heterocycles. The Morgan fingerprint density at radius 3 is 2.67 bits per heavy atom. The van der Waals surface area contributed by atoms with Crippen LogP contribution >= 0.6 is 0 Å². The van der Waals surface area contributed by atoms with Crippen LogP contribution < -0.4 is 11.1 Å². The molecule has 154 valence electrons. The lowest BCUT2D eigenvalue weighted by molar-refractivity contribution is -0.0843. The van der Waals surface area contributed by atoms with Gasteiger partial charge in [-0.05, 0) is 24.1 Å². The van der Waals surface area contributed by atoms with E-state index >= 15 is 0 Å². The lowest BCUT2D eigenvalue weighted by atomic mass is 10.0. The summed E-state index contributed by atoms with van der Waals surface area (Å²) in [7, 11) is 0. The van der Waals surface area contributed by atoms with Crippen molar-refractivity contribution >= 4 is 5.91 Å². The highest BCUT2D eigenvalue weighted by atomic mass is 16.5. The fourth-order valence-electron chi connectivity index (χ4n) is 4.09. The van der Waals surface area contributed by atoms with Gasteiger partial charge in [-0.2, -0.15) is 5.10 Å². The van der Waals surface area contributed by atoms with Crippen LogP contribution in [-0.4, -0.2) is 43.8 Å². The SMILES string of the molecule is O=C(c1ccco1)N1CC[C@]2(C1)Cn1c(nn(Cc3ccccc3)c(=O)c1=O)CO2. The third kappa shape index (κ3) is 3.17. The van der Waals surface area contributed by atoms with Gasteiger partial charge in [-0.15, -0.1) is 0 Å². The lowest BCUT2D eigenvalue weighted by Gasteiger charge is -2.35. The number of ether oxygens (including phenoxy) is 1. The number of carbonyl (C=O) groups excluding carboxylic acids is 1. The van der Waals surface area contributed by atoms with Crippen molar-refractivity contribution in [2.24, 2.45) is 0 Å². The number of aromatic nitrogens is 3. The van der Waals surface area contributed by atoms with Gasteiger partial charge in [0.15, 0.2) is 11.6 Å². The molecule has 1 spiro atoms. The zero-order valence-electron chi connectivity index (χ0n) is 16.2. The van der Waals surface area contributed by atoms with E-state index in [9.17, 15) is 14.4 Å². The fourth-order valence-corrected chi connectivity index (χ4v) is 4.09. The normalized spacial score (nSPS) is 20.5. The van der Waals surface area contributed by atoms with E-state index in [1.54, 1.807) is 17.0 Å². The highest BCUT2D eigenvalue weighted by Crippen LogP contribution is 2.31. The molecule has 2 aliphatic heterocycles. The molecule has 1 atom stereocenters. The number of amides is 1. The number of rotatable bonds is 3. The zero-order valence-corrected chi connectivity index (χ0v) is 16.2. The van der Waals surface area contributed by atoms with Gasteiger partial charge >= 0.3 is 11.1 Å². The molecule has 5 rings (SSSR count). The average Bonchev–Trinajstić information content (AvgIpc) is 3.44. The second-order valence-electron chi connectivity index (χ2n) is 7.68. The van der Waals surface area contributed by atoms with E-state index in [0.29, 0.717) is 25.3 Å². The number of fused-ring (bicyclic) bond motifs is 1. The maximum Gasteiger partial charge on any atom is 0.332 e. The summed E-state index contributed by atoms with van der Waals surface area (Å²) in [5.41, 5.74) is -1.11. The molecule has 0 saturated carbocycles. The minimum atomic E-state index is -0.710. The van der Waals surface area contributed by atoms with E-state index in [2.05, 4.69) is 5.10 Å². The molecular formula is C21H20N4O5. The molecule has 0 unspecified atom stereocenters. The van der Waals surface area contributed by atoms with Gasteiger partial charge < -0.3 is 14.1 Å². The molecule has 2 aliphatic rings. The second kappa shape index (κ2) is 7.10. The molecule has 3 aromatic rings. The summed E-state index contributed by atoms with van der Waals surface area (Å²) >= 11 is 0. The van der Waals surface area contributed by atoms with Crippen LogP contribution in [-0.2, 0) is 24.4 Å². The van der Waals surface area contributed by atoms with Crippen LogP contribution in [0.2, 0.25) is 0 Å². The summed E-state index contributed by atoms with van der Waals surface area (Å²) in [4.78, 5) is 39.6. The highest BCUT2D eigenvalue weighted by molar-refractivity contribution is 5.91. The number of nitrogens with zero attached hydrogens (tertiary/aromatic N) is 4. The van der Waals surface area contributed by atoms with Crippen molar-refractivity contribution in [1.29, 1.82) is 0 Å². The van der Waals surface area contributed by atoms with Gasteiger partial charge in [0, 0.05) is 6.54 Å². The van der Waals surface area contributed by atoms with Crippen molar-refractivity contribution in [3.05, 3.63) is 86.6 Å². The second-order valence-corrected chi connectivity index (χ2v) is 7.68. The van der Waals surface area contributed by atoms with Crippen molar-refractivity contribution in [2.75, 3.05) is 13.1 Å². The molecule has 9 heteroatoms. The van der Waals surface area contributed by atoms with Gasteiger partial charge in [-0.1, -0.05) is 30.3 Å². The molecule has 30 heavy (non-hydrogen) atoms. The Morgan fingerprint density at radius 1 is 1.07 bits per heavy atom. The Balaban J connectivity index is 1.40. The molecule has 0 N–H and O–H groups in total. The standard InChI is InChI=1S/C21H20N4O5/c26-18(16-7-4-10-29-16)23-9-8-21(13-23)14-24-17(12-30-21)22-25(20(28)19(24)27)11-15-5-2-1-3-6-15/h1-7,10H,8-9,11-14H2/t21-/m0/s1. The maximum absolute atomic E-state index is 12.8. The van der Waals surface area contributed by atoms with E-state index in [1.807, 2.05) is 30.3 Å². The van der Waals surface area contributed by atoms with Crippen LogP contribution in [0.3, 0.4) is 0 Å². The van der Waals surface area contributed by atoms with Gasteiger partial charge in [-0.25, -0.2) is 4.68 Å². The summed E-state index contributed by atoms with van der Waals surface area (Å²) in [6, 6.07) is 12.7. The van der Waals surface area contributed by atoms with Crippen LogP contribution in [0.4, 0.5) is 0 Å². The number of benzene rings is 1. The Hall–Kier alpha value is -3.46. The lowest BCUT2D eigenvalue weighted by Crippen LogP contribution is -2.53. The van der Waals surface area contributed by atoms with Crippen molar-refractivity contribution in [3.63, 3.8) is 0 Å². The minimum absolute atomic E-state index is 0.104. The van der Waals surface area contributed by atoms with Crippen LogP contribution in [0.25, 0.3) is 0 Å². The number of carbonyl (C=O) groups is 1. The van der Waals surface area contributed by atoms with E-state index in [1.165, 1.54) is 15.5 Å². The van der Waals surface area contributed by atoms with Crippen molar-refractivity contribution in [3.8, 4) is 0 Å². The molecule has 9 nitrogen and oxygen atoms in total. The summed E-state index contributed by atoms with van der Waals surface area (Å²) in [5.74, 6) is 0.470. The molecule has 1 fully saturated rings.